The minimum atomic E-state index is -2.93. The van der Waals surface area contributed by atoms with Gasteiger partial charge in [-0.1, -0.05) is 0 Å². The summed E-state index contributed by atoms with van der Waals surface area (Å²) in [5.41, 5.74) is 6.28. The van der Waals surface area contributed by atoms with E-state index in [2.05, 4.69) is 9.47 Å². The fraction of sp³-hybridized carbons (Fsp3) is 0.143. The lowest BCUT2D eigenvalue weighted by atomic mass is 10.2. The van der Waals surface area contributed by atoms with Crippen molar-refractivity contribution in [1.82, 2.24) is 4.57 Å². The van der Waals surface area contributed by atoms with Crippen LogP contribution in [0, 0.1) is 11.3 Å². The first-order chi connectivity index (χ1) is 10.5. The highest BCUT2D eigenvalue weighted by molar-refractivity contribution is 5.95. The number of ether oxygens (including phenoxy) is 2. The summed E-state index contributed by atoms with van der Waals surface area (Å²) in [7, 11) is 1.19. The molecule has 0 aliphatic rings. The first-order valence-electron chi connectivity index (χ1n) is 6.02. The summed E-state index contributed by atoms with van der Waals surface area (Å²) in [6.07, 6.45) is 1.37. The maximum atomic E-state index is 12.1. The van der Waals surface area contributed by atoms with E-state index in [9.17, 15) is 13.6 Å². The SMILES string of the molecule is COC(=O)c1c(N)c(C#N)cn1-c1ccc(OC(F)F)cc1. The van der Waals surface area contributed by atoms with Gasteiger partial charge >= 0.3 is 12.6 Å². The Hall–Kier alpha value is -3.08. The average molecular weight is 307 g/mol. The number of methoxy groups -OCH3 is 1. The van der Waals surface area contributed by atoms with E-state index < -0.39 is 12.6 Å². The standard InChI is InChI=1S/C14H11F2N3O3/c1-21-13(20)12-11(18)8(6-17)7-19(12)9-2-4-10(5-3-9)22-14(15)16/h2-5,7,14H,18H2,1H3. The molecule has 2 aromatic rings. The molecule has 2 N–H and O–H groups in total. The number of rotatable bonds is 4. The molecular weight excluding hydrogens is 296 g/mol. The summed E-state index contributed by atoms with van der Waals surface area (Å²) in [5.74, 6) is -0.745. The van der Waals surface area contributed by atoms with Crippen molar-refractivity contribution in [2.75, 3.05) is 12.8 Å². The van der Waals surface area contributed by atoms with Gasteiger partial charge in [-0.2, -0.15) is 14.0 Å². The molecule has 6 nitrogen and oxygen atoms in total. The zero-order valence-corrected chi connectivity index (χ0v) is 11.4. The number of anilines is 1. The number of nitrogens with two attached hydrogens (primary N) is 1. The van der Waals surface area contributed by atoms with Gasteiger partial charge in [0.2, 0.25) is 0 Å². The minimum Gasteiger partial charge on any atom is -0.464 e. The van der Waals surface area contributed by atoms with E-state index >= 15 is 0 Å². The zero-order valence-electron chi connectivity index (χ0n) is 11.4. The molecule has 0 bridgehead atoms. The Labute approximate surface area is 124 Å². The van der Waals surface area contributed by atoms with Crippen LogP contribution < -0.4 is 10.5 Å². The molecular formula is C14H11F2N3O3. The van der Waals surface area contributed by atoms with Crippen molar-refractivity contribution in [3.05, 3.63) is 41.7 Å². The number of nitrogen functional groups attached to an aromatic ring is 1. The van der Waals surface area contributed by atoms with Gasteiger partial charge in [-0.15, -0.1) is 0 Å². The van der Waals surface area contributed by atoms with E-state index in [1.807, 2.05) is 6.07 Å². The van der Waals surface area contributed by atoms with Crippen molar-refractivity contribution in [2.45, 2.75) is 6.61 Å². The molecule has 0 aliphatic heterocycles. The van der Waals surface area contributed by atoms with Gasteiger partial charge in [-0.05, 0) is 24.3 Å². The lowest BCUT2D eigenvalue weighted by Gasteiger charge is -2.09. The summed E-state index contributed by atoms with van der Waals surface area (Å²) in [6, 6.07) is 7.38. The Bertz CT molecular complexity index is 733. The molecule has 0 saturated carbocycles. The average Bonchev–Trinajstić information content (AvgIpc) is 2.83. The van der Waals surface area contributed by atoms with Crippen molar-refractivity contribution in [2.24, 2.45) is 0 Å². The molecule has 114 valence electrons. The van der Waals surface area contributed by atoms with Crippen LogP contribution in [0.4, 0.5) is 14.5 Å². The molecule has 2 rings (SSSR count). The smallest absolute Gasteiger partial charge is 0.387 e. The van der Waals surface area contributed by atoms with Gasteiger partial charge in [0.25, 0.3) is 0 Å². The van der Waals surface area contributed by atoms with Crippen LogP contribution in [0.15, 0.2) is 30.5 Å². The van der Waals surface area contributed by atoms with Crippen molar-refractivity contribution in [3.8, 4) is 17.5 Å². The Morgan fingerprint density at radius 1 is 1.36 bits per heavy atom. The van der Waals surface area contributed by atoms with Crippen molar-refractivity contribution >= 4 is 11.7 Å². The normalized spacial score (nSPS) is 10.3. The second-order valence-electron chi connectivity index (χ2n) is 4.15. The topological polar surface area (TPSA) is 90.3 Å². The highest BCUT2D eigenvalue weighted by Gasteiger charge is 2.21. The molecule has 0 unspecified atom stereocenters. The Kier molecular flexibility index (Phi) is 4.27. The summed E-state index contributed by atoms with van der Waals surface area (Å²) in [4.78, 5) is 11.8. The van der Waals surface area contributed by atoms with Gasteiger partial charge in [-0.3, -0.25) is 0 Å². The number of aromatic nitrogens is 1. The fourth-order valence-electron chi connectivity index (χ4n) is 1.91. The van der Waals surface area contributed by atoms with Crippen LogP contribution in [0.5, 0.6) is 5.75 Å². The van der Waals surface area contributed by atoms with Crippen molar-refractivity contribution in [3.63, 3.8) is 0 Å². The van der Waals surface area contributed by atoms with Crippen LogP contribution in [-0.2, 0) is 4.74 Å². The molecule has 0 spiro atoms. The van der Waals surface area contributed by atoms with Crippen LogP contribution in [0.2, 0.25) is 0 Å². The van der Waals surface area contributed by atoms with Crippen LogP contribution in [0.3, 0.4) is 0 Å². The number of nitrogens with zero attached hydrogens (tertiary/aromatic N) is 2. The molecule has 1 aromatic carbocycles. The molecule has 0 saturated heterocycles. The second-order valence-corrected chi connectivity index (χ2v) is 4.15. The molecule has 0 amide bonds. The van der Waals surface area contributed by atoms with E-state index in [-0.39, 0.29) is 22.7 Å². The molecule has 1 aromatic heterocycles. The quantitative estimate of drug-likeness (QED) is 0.875. The maximum Gasteiger partial charge on any atom is 0.387 e. The summed E-state index contributed by atoms with van der Waals surface area (Å²) >= 11 is 0. The highest BCUT2D eigenvalue weighted by Crippen LogP contribution is 2.26. The number of halogens is 2. The molecule has 8 heteroatoms. The van der Waals surface area contributed by atoms with Gasteiger partial charge in [0.15, 0.2) is 5.69 Å². The first kappa shape index (κ1) is 15.3. The zero-order chi connectivity index (χ0) is 16.3. The van der Waals surface area contributed by atoms with Crippen molar-refractivity contribution < 1.29 is 23.0 Å². The van der Waals surface area contributed by atoms with E-state index in [0.717, 1.165) is 0 Å². The lowest BCUT2D eigenvalue weighted by Crippen LogP contribution is -2.11. The number of carbonyl (C=O) groups is 1. The van der Waals surface area contributed by atoms with Gasteiger partial charge in [-0.25, -0.2) is 4.79 Å². The maximum absolute atomic E-state index is 12.1. The molecule has 0 aliphatic carbocycles. The van der Waals surface area contributed by atoms with Crippen LogP contribution >= 0.6 is 0 Å². The number of hydrogen-bond donors (Lipinski definition) is 1. The molecule has 1 heterocycles. The number of nitriles is 1. The number of carbonyl (C=O) groups excluding carboxylic acids is 1. The molecule has 0 radical (unpaired) electrons. The van der Waals surface area contributed by atoms with Gasteiger partial charge in [0.1, 0.15) is 11.8 Å². The fourth-order valence-corrected chi connectivity index (χ4v) is 1.91. The molecule has 0 atom stereocenters. The van der Waals surface area contributed by atoms with Crippen LogP contribution in [0.1, 0.15) is 16.1 Å². The van der Waals surface area contributed by atoms with Crippen molar-refractivity contribution in [1.29, 1.82) is 5.26 Å². The third-order valence-corrected chi connectivity index (χ3v) is 2.88. The monoisotopic (exact) mass is 307 g/mol. The number of benzene rings is 1. The van der Waals surface area contributed by atoms with Crippen LogP contribution in [-0.4, -0.2) is 24.3 Å². The second kappa shape index (κ2) is 6.13. The minimum absolute atomic E-state index is 0.0118. The Morgan fingerprint density at radius 3 is 2.50 bits per heavy atom. The Morgan fingerprint density at radius 2 is 2.00 bits per heavy atom. The number of hydrogen-bond acceptors (Lipinski definition) is 5. The van der Waals surface area contributed by atoms with E-state index in [1.165, 1.54) is 42.1 Å². The van der Waals surface area contributed by atoms with E-state index in [0.29, 0.717) is 5.69 Å². The lowest BCUT2D eigenvalue weighted by molar-refractivity contribution is -0.0498. The van der Waals surface area contributed by atoms with Gasteiger partial charge in [0.05, 0.1) is 18.4 Å². The third kappa shape index (κ3) is 2.83. The molecule has 0 fully saturated rings. The molecule has 22 heavy (non-hydrogen) atoms. The third-order valence-electron chi connectivity index (χ3n) is 2.88. The largest absolute Gasteiger partial charge is 0.464 e. The number of esters is 1. The van der Waals surface area contributed by atoms with E-state index in [1.54, 1.807) is 0 Å². The summed E-state index contributed by atoms with van der Waals surface area (Å²) in [6.45, 7) is -2.93. The predicted octanol–water partition coefficient (Wildman–Crippen LogP) is 2.32. The summed E-state index contributed by atoms with van der Waals surface area (Å²) in [5, 5.41) is 9.00. The van der Waals surface area contributed by atoms with Gasteiger partial charge < -0.3 is 19.8 Å². The predicted molar refractivity (Wildman–Crippen MR) is 72.9 cm³/mol. The highest BCUT2D eigenvalue weighted by atomic mass is 19.3. The summed E-state index contributed by atoms with van der Waals surface area (Å²) < 4.78 is 34.5. The van der Waals surface area contributed by atoms with Crippen LogP contribution in [0.25, 0.3) is 5.69 Å². The van der Waals surface area contributed by atoms with E-state index in [4.69, 9.17) is 11.0 Å². The number of alkyl halides is 2. The van der Waals surface area contributed by atoms with Gasteiger partial charge in [0, 0.05) is 11.9 Å². The Balaban J connectivity index is 2.48. The first-order valence-corrected chi connectivity index (χ1v) is 6.02.